The topological polar surface area (TPSA) is 32.8 Å². The van der Waals surface area contributed by atoms with E-state index in [1.54, 1.807) is 5.57 Å². The first-order valence-corrected chi connectivity index (χ1v) is 12.0. The Morgan fingerprint density at radius 2 is 1.91 bits per heavy atom. The molecule has 0 N–H and O–H groups in total. The molecule has 0 unspecified atom stereocenters. The van der Waals surface area contributed by atoms with Gasteiger partial charge in [0.25, 0.3) is 5.91 Å². The highest BCUT2D eigenvalue weighted by atomic mass is 16.5. The number of amides is 1. The van der Waals surface area contributed by atoms with Crippen molar-refractivity contribution in [2.75, 3.05) is 24.6 Å². The fraction of sp³-hybridized carbons (Fsp3) is 0.393. The molecular weight excluding hydrogens is 396 g/mol. The minimum Gasteiger partial charge on any atom is -0.369 e. The molecule has 4 nitrogen and oxygen atoms in total. The first kappa shape index (κ1) is 17.8. The number of ether oxygens (including phenoxy) is 1. The minimum atomic E-state index is -0.137. The lowest BCUT2D eigenvalue weighted by molar-refractivity contribution is -0.123. The number of nitrogens with zero attached hydrogens (tertiary/aromatic N) is 2. The van der Waals surface area contributed by atoms with Crippen LogP contribution >= 0.6 is 0 Å². The molecule has 8 rings (SSSR count). The molecule has 2 bridgehead atoms. The fourth-order valence-corrected chi connectivity index (χ4v) is 8.31. The Balaban J connectivity index is 1.40. The monoisotopic (exact) mass is 422 g/mol. The average Bonchev–Trinajstić information content (AvgIpc) is 3.29. The maximum Gasteiger partial charge on any atom is 0.257 e. The van der Waals surface area contributed by atoms with Crippen molar-refractivity contribution >= 4 is 17.7 Å². The molecule has 4 heteroatoms. The van der Waals surface area contributed by atoms with Crippen LogP contribution in [0.4, 0.5) is 5.69 Å². The van der Waals surface area contributed by atoms with Gasteiger partial charge in [-0.2, -0.15) is 0 Å². The molecule has 1 aliphatic carbocycles. The van der Waals surface area contributed by atoms with Crippen molar-refractivity contribution < 1.29 is 9.53 Å². The largest absolute Gasteiger partial charge is 0.369 e. The zero-order valence-corrected chi connectivity index (χ0v) is 18.0. The third-order valence-corrected chi connectivity index (χ3v) is 9.35. The molecule has 5 aliphatic heterocycles. The second-order valence-corrected chi connectivity index (χ2v) is 10.4. The molecule has 1 spiro atoms. The summed E-state index contributed by atoms with van der Waals surface area (Å²) in [6.07, 6.45) is 6.63. The third-order valence-electron chi connectivity index (χ3n) is 9.35. The van der Waals surface area contributed by atoms with Crippen molar-refractivity contribution in [2.45, 2.75) is 36.4 Å². The molecule has 160 valence electrons. The third kappa shape index (κ3) is 1.96. The lowest BCUT2D eigenvalue weighted by atomic mass is 9.53. The van der Waals surface area contributed by atoms with E-state index in [0.717, 1.165) is 36.3 Å². The van der Waals surface area contributed by atoms with E-state index in [2.05, 4.69) is 58.4 Å². The second kappa shape index (κ2) is 6.00. The van der Waals surface area contributed by atoms with E-state index in [1.165, 1.54) is 12.0 Å². The number of hydrogen-bond acceptors (Lipinski definition) is 3. The van der Waals surface area contributed by atoms with Gasteiger partial charge in [-0.3, -0.25) is 9.69 Å². The maximum atomic E-state index is 14.2. The molecule has 3 saturated heterocycles. The average molecular weight is 423 g/mol. The summed E-state index contributed by atoms with van der Waals surface area (Å²) in [7, 11) is 0. The van der Waals surface area contributed by atoms with E-state index in [9.17, 15) is 4.79 Å². The van der Waals surface area contributed by atoms with Crippen LogP contribution in [0.1, 0.15) is 24.0 Å². The lowest BCUT2D eigenvalue weighted by Gasteiger charge is -2.59. The van der Waals surface area contributed by atoms with Gasteiger partial charge in [-0.15, -0.1) is 0 Å². The van der Waals surface area contributed by atoms with Gasteiger partial charge in [0.15, 0.2) is 0 Å². The molecule has 2 aromatic rings. The van der Waals surface area contributed by atoms with Crippen molar-refractivity contribution in [3.8, 4) is 0 Å². The number of anilines is 1. The molecule has 0 aromatic heterocycles. The van der Waals surface area contributed by atoms with Gasteiger partial charge in [-0.1, -0.05) is 60.2 Å². The van der Waals surface area contributed by atoms with E-state index >= 15 is 0 Å². The number of para-hydroxylation sites is 1. The quantitative estimate of drug-likeness (QED) is 0.518. The Morgan fingerprint density at radius 1 is 1.06 bits per heavy atom. The van der Waals surface area contributed by atoms with Gasteiger partial charge in [-0.05, 0) is 48.6 Å². The summed E-state index contributed by atoms with van der Waals surface area (Å²) in [6.45, 7) is 2.81. The Kier molecular flexibility index (Phi) is 3.34. The van der Waals surface area contributed by atoms with Crippen LogP contribution in [0.5, 0.6) is 0 Å². The number of benzene rings is 2. The molecule has 1 saturated carbocycles. The fourth-order valence-electron chi connectivity index (χ4n) is 8.31. The maximum absolute atomic E-state index is 14.2. The summed E-state index contributed by atoms with van der Waals surface area (Å²) in [5, 5.41) is 0. The van der Waals surface area contributed by atoms with Gasteiger partial charge in [-0.25, -0.2) is 0 Å². The summed E-state index contributed by atoms with van der Waals surface area (Å²) in [6, 6.07) is 19.7. The first-order valence-electron chi connectivity index (χ1n) is 12.0. The molecule has 1 amide bonds. The van der Waals surface area contributed by atoms with Gasteiger partial charge in [0.1, 0.15) is 0 Å². The van der Waals surface area contributed by atoms with Crippen LogP contribution in [0, 0.1) is 11.8 Å². The summed E-state index contributed by atoms with van der Waals surface area (Å²) in [5.41, 5.74) is 6.04. The number of fused-ring (bicyclic) bond motifs is 2. The van der Waals surface area contributed by atoms with Gasteiger partial charge >= 0.3 is 0 Å². The van der Waals surface area contributed by atoms with Crippen molar-refractivity contribution in [3.05, 3.63) is 82.9 Å². The summed E-state index contributed by atoms with van der Waals surface area (Å²) >= 11 is 0. The standard InChI is InChI=1S/C28H26N2O2/c31-27-20(14-17-6-2-1-3-7-17)25-24-19-15-23-28(11-12-29(23)16-18(19)10-13-32-25)21-8-4-5-9-22(21)30(27)26(24)28/h1-10,14,19,23-26H,11-13,15-16H2/b20-14-/t19-,23-,24+,25+,26-,28-/m1/s1. The van der Waals surface area contributed by atoms with E-state index in [4.69, 9.17) is 4.74 Å². The predicted octanol–water partition coefficient (Wildman–Crippen LogP) is 3.79. The molecule has 4 fully saturated rings. The second-order valence-electron chi connectivity index (χ2n) is 10.4. The Labute approximate surface area is 188 Å². The molecule has 0 radical (unpaired) electrons. The molecule has 5 heterocycles. The molecule has 32 heavy (non-hydrogen) atoms. The number of carbonyl (C=O) groups is 1. The van der Waals surface area contributed by atoms with Gasteiger partial charge in [0.05, 0.1) is 18.8 Å². The predicted molar refractivity (Wildman–Crippen MR) is 123 cm³/mol. The normalized spacial score (nSPS) is 39.7. The smallest absolute Gasteiger partial charge is 0.257 e. The Morgan fingerprint density at radius 3 is 2.81 bits per heavy atom. The highest BCUT2D eigenvalue weighted by Crippen LogP contribution is 2.66. The Hall–Kier alpha value is -2.69. The van der Waals surface area contributed by atoms with Crippen LogP contribution in [0.2, 0.25) is 0 Å². The van der Waals surface area contributed by atoms with E-state index in [0.29, 0.717) is 24.5 Å². The van der Waals surface area contributed by atoms with Crippen LogP contribution in [-0.2, 0) is 14.9 Å². The molecular formula is C28H26N2O2. The van der Waals surface area contributed by atoms with Crippen molar-refractivity contribution in [1.29, 1.82) is 0 Å². The Bertz CT molecular complexity index is 1220. The SMILES string of the molecule is O=C1/C(=C\c2ccccc2)[C@@H]2OCC=C3CN4CC[C@]56c7ccccc7N1[C@@H]5[C@H]2[C@@H]3C[C@@H]46. The van der Waals surface area contributed by atoms with Gasteiger partial charge < -0.3 is 9.64 Å². The number of hydrogen-bond donors (Lipinski definition) is 0. The van der Waals surface area contributed by atoms with Gasteiger partial charge in [0, 0.05) is 35.2 Å². The van der Waals surface area contributed by atoms with Crippen molar-refractivity contribution in [1.82, 2.24) is 4.90 Å². The van der Waals surface area contributed by atoms with E-state index in [-0.39, 0.29) is 23.5 Å². The van der Waals surface area contributed by atoms with Crippen molar-refractivity contribution in [3.63, 3.8) is 0 Å². The van der Waals surface area contributed by atoms with Crippen LogP contribution in [-0.4, -0.2) is 48.7 Å². The van der Waals surface area contributed by atoms with Crippen molar-refractivity contribution in [2.24, 2.45) is 11.8 Å². The zero-order valence-electron chi connectivity index (χ0n) is 18.0. The van der Waals surface area contributed by atoms with Gasteiger partial charge in [0.2, 0.25) is 0 Å². The zero-order chi connectivity index (χ0) is 21.0. The van der Waals surface area contributed by atoms with E-state index < -0.39 is 0 Å². The summed E-state index contributed by atoms with van der Waals surface area (Å²) in [5.74, 6) is 0.968. The van der Waals surface area contributed by atoms with E-state index in [1.807, 2.05) is 18.2 Å². The number of carbonyl (C=O) groups excluding carboxylic acids is 1. The lowest BCUT2D eigenvalue weighted by Crippen LogP contribution is -2.69. The minimum absolute atomic E-state index is 0.0448. The number of piperidine rings is 2. The molecule has 6 aliphatic rings. The molecule has 2 aromatic carbocycles. The highest BCUT2D eigenvalue weighted by molar-refractivity contribution is 6.12. The van der Waals surface area contributed by atoms with Crippen LogP contribution < -0.4 is 4.90 Å². The van der Waals surface area contributed by atoms with Crippen LogP contribution in [0.15, 0.2) is 71.8 Å². The van der Waals surface area contributed by atoms with Crippen LogP contribution in [0.25, 0.3) is 6.08 Å². The highest BCUT2D eigenvalue weighted by Gasteiger charge is 2.71. The summed E-state index contributed by atoms with van der Waals surface area (Å²) < 4.78 is 6.57. The summed E-state index contributed by atoms with van der Waals surface area (Å²) in [4.78, 5) is 19.1. The first-order chi connectivity index (χ1) is 15.8. The number of rotatable bonds is 1. The van der Waals surface area contributed by atoms with Crippen LogP contribution in [0.3, 0.4) is 0 Å². The molecule has 6 atom stereocenters.